The molecule has 0 bridgehead atoms. The van der Waals surface area contributed by atoms with Crippen LogP contribution in [0.3, 0.4) is 0 Å². The van der Waals surface area contributed by atoms with E-state index in [1.165, 1.54) is 5.56 Å². The van der Waals surface area contributed by atoms with Gasteiger partial charge in [0.2, 0.25) is 0 Å². The minimum absolute atomic E-state index is 0.215. The lowest BCUT2D eigenvalue weighted by Crippen LogP contribution is -2.22. The quantitative estimate of drug-likeness (QED) is 0.673. The van der Waals surface area contributed by atoms with E-state index in [9.17, 15) is 4.79 Å². The average molecular weight is 264 g/mol. The van der Waals surface area contributed by atoms with Crippen molar-refractivity contribution in [3.05, 3.63) is 29.8 Å². The molecule has 0 aromatic heterocycles. The van der Waals surface area contributed by atoms with Crippen LogP contribution in [0.15, 0.2) is 24.3 Å². The Labute approximate surface area is 115 Å². The Balaban J connectivity index is 2.36. The number of anilines is 1. The second kappa shape index (κ2) is 8.53. The second-order valence-corrected chi connectivity index (χ2v) is 4.58. The zero-order valence-electron chi connectivity index (χ0n) is 11.9. The molecule has 0 spiro atoms. The molecule has 0 unspecified atom stereocenters. The maximum absolute atomic E-state index is 10.4. The number of hydrogen-bond acceptors (Lipinski definition) is 3. The lowest BCUT2D eigenvalue weighted by Gasteiger charge is -2.18. The Morgan fingerprint density at radius 2 is 1.84 bits per heavy atom. The van der Waals surface area contributed by atoms with Gasteiger partial charge >= 0.3 is 5.97 Å². The maximum Gasteiger partial charge on any atom is 0.303 e. The van der Waals surface area contributed by atoms with Crippen molar-refractivity contribution in [1.82, 2.24) is 4.90 Å². The van der Waals surface area contributed by atoms with Crippen molar-refractivity contribution >= 4 is 11.7 Å². The minimum Gasteiger partial charge on any atom is -0.481 e. The Morgan fingerprint density at radius 1 is 1.21 bits per heavy atom. The van der Waals surface area contributed by atoms with E-state index < -0.39 is 5.97 Å². The molecule has 0 atom stereocenters. The molecule has 0 aliphatic heterocycles. The normalized spacial score (nSPS) is 10.7. The van der Waals surface area contributed by atoms with E-state index in [2.05, 4.69) is 48.3 Å². The molecular weight excluding hydrogens is 240 g/mol. The van der Waals surface area contributed by atoms with Crippen LogP contribution < -0.4 is 5.32 Å². The van der Waals surface area contributed by atoms with Crippen LogP contribution in [0.5, 0.6) is 0 Å². The smallest absolute Gasteiger partial charge is 0.303 e. The molecule has 1 rings (SSSR count). The van der Waals surface area contributed by atoms with Crippen LogP contribution in [0.1, 0.15) is 32.3 Å². The van der Waals surface area contributed by atoms with Crippen molar-refractivity contribution in [1.29, 1.82) is 0 Å². The van der Waals surface area contributed by atoms with E-state index in [0.717, 1.165) is 25.3 Å². The molecule has 0 aliphatic rings. The number of hydrogen-bond donors (Lipinski definition) is 2. The van der Waals surface area contributed by atoms with Crippen molar-refractivity contribution in [3.63, 3.8) is 0 Å². The van der Waals surface area contributed by atoms with Crippen LogP contribution in [0, 0.1) is 0 Å². The number of benzene rings is 1. The van der Waals surface area contributed by atoms with Gasteiger partial charge in [0.25, 0.3) is 0 Å². The van der Waals surface area contributed by atoms with Crippen molar-refractivity contribution < 1.29 is 9.90 Å². The first-order valence-corrected chi connectivity index (χ1v) is 6.92. The molecule has 1 aromatic carbocycles. The summed E-state index contributed by atoms with van der Waals surface area (Å²) in [6.45, 7) is 8.13. The molecule has 0 heterocycles. The summed E-state index contributed by atoms with van der Waals surface area (Å²) in [5.41, 5.74) is 2.36. The molecule has 106 valence electrons. The zero-order chi connectivity index (χ0) is 14.1. The van der Waals surface area contributed by atoms with Crippen LogP contribution in [-0.2, 0) is 11.3 Å². The number of carboxylic acid groups (broad SMARTS) is 1. The summed E-state index contributed by atoms with van der Waals surface area (Å²) in [6, 6.07) is 8.36. The molecule has 0 saturated carbocycles. The minimum atomic E-state index is -0.739. The van der Waals surface area contributed by atoms with Gasteiger partial charge in [-0.3, -0.25) is 9.69 Å². The van der Waals surface area contributed by atoms with Gasteiger partial charge in [-0.05, 0) is 37.2 Å². The summed E-state index contributed by atoms with van der Waals surface area (Å²) in [5.74, 6) is -0.739. The van der Waals surface area contributed by atoms with Crippen molar-refractivity contribution in [2.75, 3.05) is 25.0 Å². The highest BCUT2D eigenvalue weighted by atomic mass is 16.4. The Morgan fingerprint density at radius 3 is 2.37 bits per heavy atom. The largest absolute Gasteiger partial charge is 0.481 e. The molecule has 19 heavy (non-hydrogen) atoms. The summed E-state index contributed by atoms with van der Waals surface area (Å²) in [4.78, 5) is 12.8. The van der Waals surface area contributed by atoms with E-state index in [1.807, 2.05) is 0 Å². The highest BCUT2D eigenvalue weighted by molar-refractivity contribution is 5.66. The fourth-order valence-electron chi connectivity index (χ4n) is 1.91. The van der Waals surface area contributed by atoms with Crippen LogP contribution >= 0.6 is 0 Å². The van der Waals surface area contributed by atoms with Crippen LogP contribution in [0.4, 0.5) is 5.69 Å². The third-order valence-electron chi connectivity index (χ3n) is 3.15. The second-order valence-electron chi connectivity index (χ2n) is 4.58. The number of aliphatic carboxylic acids is 1. The molecule has 1 aromatic rings. The Bertz CT molecular complexity index is 372. The predicted octanol–water partition coefficient (Wildman–Crippen LogP) is 2.81. The first-order chi connectivity index (χ1) is 9.15. The van der Waals surface area contributed by atoms with Gasteiger partial charge in [0.15, 0.2) is 0 Å². The predicted molar refractivity (Wildman–Crippen MR) is 78.4 cm³/mol. The SMILES string of the molecule is CCN(CC)Cc1ccc(NCCCC(=O)O)cc1. The molecule has 0 radical (unpaired) electrons. The third-order valence-corrected chi connectivity index (χ3v) is 3.15. The van der Waals surface area contributed by atoms with E-state index in [4.69, 9.17) is 5.11 Å². The van der Waals surface area contributed by atoms with Gasteiger partial charge in [0.1, 0.15) is 0 Å². The number of nitrogens with zero attached hydrogens (tertiary/aromatic N) is 1. The van der Waals surface area contributed by atoms with E-state index >= 15 is 0 Å². The third kappa shape index (κ3) is 6.25. The summed E-state index contributed by atoms with van der Waals surface area (Å²) in [5, 5.41) is 11.8. The number of carbonyl (C=O) groups is 1. The van der Waals surface area contributed by atoms with E-state index in [-0.39, 0.29) is 6.42 Å². The highest BCUT2D eigenvalue weighted by Gasteiger charge is 2.01. The number of nitrogens with one attached hydrogen (secondary N) is 1. The van der Waals surface area contributed by atoms with Gasteiger partial charge < -0.3 is 10.4 Å². The molecule has 0 fully saturated rings. The summed E-state index contributed by atoms with van der Waals surface area (Å²) >= 11 is 0. The summed E-state index contributed by atoms with van der Waals surface area (Å²) < 4.78 is 0. The van der Waals surface area contributed by atoms with Crippen LogP contribution in [0.2, 0.25) is 0 Å². The van der Waals surface area contributed by atoms with Crippen LogP contribution in [-0.4, -0.2) is 35.6 Å². The van der Waals surface area contributed by atoms with Gasteiger partial charge in [0.05, 0.1) is 0 Å². The fourth-order valence-corrected chi connectivity index (χ4v) is 1.91. The Hall–Kier alpha value is -1.55. The standard InChI is InChI=1S/C15H24N2O2/c1-3-17(4-2)12-13-7-9-14(10-8-13)16-11-5-6-15(18)19/h7-10,16H,3-6,11-12H2,1-2H3,(H,18,19). The van der Waals surface area contributed by atoms with Gasteiger partial charge in [0, 0.05) is 25.2 Å². The summed E-state index contributed by atoms with van der Waals surface area (Å²) in [7, 11) is 0. The molecular formula is C15H24N2O2. The molecule has 4 heteroatoms. The molecule has 0 aliphatic carbocycles. The van der Waals surface area contributed by atoms with Gasteiger partial charge in [-0.2, -0.15) is 0 Å². The molecule has 4 nitrogen and oxygen atoms in total. The Kier molecular flexibility index (Phi) is 6.97. The number of rotatable bonds is 9. The lowest BCUT2D eigenvalue weighted by atomic mass is 10.2. The van der Waals surface area contributed by atoms with E-state index in [0.29, 0.717) is 13.0 Å². The molecule has 0 amide bonds. The van der Waals surface area contributed by atoms with Crippen molar-refractivity contribution in [2.45, 2.75) is 33.2 Å². The molecule has 0 saturated heterocycles. The van der Waals surface area contributed by atoms with Gasteiger partial charge in [-0.25, -0.2) is 0 Å². The van der Waals surface area contributed by atoms with Gasteiger partial charge in [-0.15, -0.1) is 0 Å². The van der Waals surface area contributed by atoms with Gasteiger partial charge in [-0.1, -0.05) is 26.0 Å². The maximum atomic E-state index is 10.4. The first kappa shape index (κ1) is 15.5. The highest BCUT2D eigenvalue weighted by Crippen LogP contribution is 2.11. The molecule has 2 N–H and O–H groups in total. The number of carboxylic acids is 1. The monoisotopic (exact) mass is 264 g/mol. The van der Waals surface area contributed by atoms with Crippen molar-refractivity contribution in [3.8, 4) is 0 Å². The van der Waals surface area contributed by atoms with E-state index in [1.54, 1.807) is 0 Å². The zero-order valence-corrected chi connectivity index (χ0v) is 11.9. The topological polar surface area (TPSA) is 52.6 Å². The van der Waals surface area contributed by atoms with Crippen LogP contribution in [0.25, 0.3) is 0 Å². The fraction of sp³-hybridized carbons (Fsp3) is 0.533. The lowest BCUT2D eigenvalue weighted by molar-refractivity contribution is -0.137. The van der Waals surface area contributed by atoms with Crippen molar-refractivity contribution in [2.24, 2.45) is 0 Å². The first-order valence-electron chi connectivity index (χ1n) is 6.92. The summed E-state index contributed by atoms with van der Waals surface area (Å²) in [6.07, 6.45) is 0.865. The average Bonchev–Trinajstić information content (AvgIpc) is 2.42.